The number of methoxy groups -OCH3 is 1. The summed E-state index contributed by atoms with van der Waals surface area (Å²) in [7, 11) is 1.28. The number of piperidine rings is 1. The second-order valence-corrected chi connectivity index (χ2v) is 5.84. The lowest BCUT2D eigenvalue weighted by molar-refractivity contribution is -0.152. The van der Waals surface area contributed by atoms with Gasteiger partial charge in [-0.05, 0) is 44.0 Å². The van der Waals surface area contributed by atoms with Crippen LogP contribution in [0.5, 0.6) is 0 Å². The molecule has 1 fully saturated rings. The molecule has 0 atom stereocenters. The first-order chi connectivity index (χ1) is 12.5. The zero-order valence-corrected chi connectivity index (χ0v) is 14.8. The van der Waals surface area contributed by atoms with Crippen LogP contribution in [0.15, 0.2) is 24.3 Å². The Hall–Kier alpha value is -2.90. The third-order valence-corrected chi connectivity index (χ3v) is 4.16. The maximum Gasteiger partial charge on any atom is 0.337 e. The lowest BCUT2D eigenvalue weighted by atomic mass is 9.97. The van der Waals surface area contributed by atoms with E-state index in [4.69, 9.17) is 4.74 Å². The van der Waals surface area contributed by atoms with Crippen molar-refractivity contribution < 1.29 is 28.7 Å². The molecule has 2 rings (SSSR count). The molecule has 1 aromatic carbocycles. The van der Waals surface area contributed by atoms with Gasteiger partial charge in [-0.25, -0.2) is 4.79 Å². The molecule has 140 valence electrons. The summed E-state index contributed by atoms with van der Waals surface area (Å²) >= 11 is 0. The van der Waals surface area contributed by atoms with Crippen molar-refractivity contribution in [3.8, 4) is 0 Å². The molecule has 26 heavy (non-hydrogen) atoms. The van der Waals surface area contributed by atoms with Crippen molar-refractivity contribution in [2.75, 3.05) is 32.1 Å². The Balaban J connectivity index is 1.87. The van der Waals surface area contributed by atoms with Gasteiger partial charge in [-0.2, -0.15) is 0 Å². The number of likely N-dealkylation sites (tertiary alicyclic amines) is 1. The molecule has 0 radical (unpaired) electrons. The summed E-state index contributed by atoms with van der Waals surface area (Å²) in [5, 5.41) is 2.50. The van der Waals surface area contributed by atoms with E-state index in [2.05, 4.69) is 10.1 Å². The molecule has 1 saturated heterocycles. The van der Waals surface area contributed by atoms with E-state index in [-0.39, 0.29) is 11.9 Å². The molecule has 0 aliphatic carbocycles. The Morgan fingerprint density at radius 2 is 1.73 bits per heavy atom. The van der Waals surface area contributed by atoms with Gasteiger partial charge in [0.1, 0.15) is 0 Å². The van der Waals surface area contributed by atoms with E-state index in [9.17, 15) is 19.2 Å². The van der Waals surface area contributed by atoms with Crippen LogP contribution in [0.4, 0.5) is 5.69 Å². The van der Waals surface area contributed by atoms with Crippen LogP contribution in [0.1, 0.15) is 30.1 Å². The number of benzene rings is 1. The van der Waals surface area contributed by atoms with E-state index in [1.165, 1.54) is 36.3 Å². The highest BCUT2D eigenvalue weighted by atomic mass is 16.5. The van der Waals surface area contributed by atoms with Crippen LogP contribution >= 0.6 is 0 Å². The second kappa shape index (κ2) is 8.98. The average molecular weight is 362 g/mol. The van der Waals surface area contributed by atoms with Crippen molar-refractivity contribution in [1.82, 2.24) is 4.90 Å². The predicted molar refractivity (Wildman–Crippen MR) is 92.3 cm³/mol. The van der Waals surface area contributed by atoms with Crippen molar-refractivity contribution in [3.63, 3.8) is 0 Å². The van der Waals surface area contributed by atoms with Crippen molar-refractivity contribution >= 4 is 29.4 Å². The molecule has 1 aliphatic heterocycles. The largest absolute Gasteiger partial charge is 0.466 e. The van der Waals surface area contributed by atoms with E-state index < -0.39 is 17.8 Å². The van der Waals surface area contributed by atoms with Gasteiger partial charge in [0.15, 0.2) is 0 Å². The number of amides is 2. The molecule has 1 heterocycles. The topological polar surface area (TPSA) is 102 Å². The number of esters is 2. The van der Waals surface area contributed by atoms with E-state index in [0.717, 1.165) is 0 Å². The Bertz CT molecular complexity index is 677. The Morgan fingerprint density at radius 1 is 1.12 bits per heavy atom. The van der Waals surface area contributed by atoms with Crippen molar-refractivity contribution in [2.45, 2.75) is 19.8 Å². The number of carbonyl (C=O) groups is 4. The quantitative estimate of drug-likeness (QED) is 0.638. The number of nitrogens with zero attached hydrogens (tertiary/aromatic N) is 1. The third kappa shape index (κ3) is 4.81. The third-order valence-electron chi connectivity index (χ3n) is 4.16. The summed E-state index contributed by atoms with van der Waals surface area (Å²) < 4.78 is 9.58. The standard InChI is InChI=1S/C18H22N2O6/c1-3-26-18(24)13-8-10-20(11-9-13)16(22)15(21)19-14-6-4-12(5-7-14)17(23)25-2/h4-7,13H,3,8-11H2,1-2H3,(H,19,21). The number of nitrogens with one attached hydrogen (secondary N) is 1. The van der Waals surface area contributed by atoms with Gasteiger partial charge >= 0.3 is 23.8 Å². The number of carbonyl (C=O) groups excluding carboxylic acids is 4. The number of ether oxygens (including phenoxy) is 2. The van der Waals surface area contributed by atoms with Gasteiger partial charge in [-0.3, -0.25) is 14.4 Å². The summed E-state index contributed by atoms with van der Waals surface area (Å²) in [5.41, 5.74) is 0.746. The smallest absolute Gasteiger partial charge is 0.337 e. The summed E-state index contributed by atoms with van der Waals surface area (Å²) in [4.78, 5) is 48.9. The fourth-order valence-corrected chi connectivity index (χ4v) is 2.71. The Kier molecular flexibility index (Phi) is 6.71. The highest BCUT2D eigenvalue weighted by molar-refractivity contribution is 6.39. The van der Waals surface area contributed by atoms with Crippen LogP contribution < -0.4 is 5.32 Å². The van der Waals surface area contributed by atoms with Gasteiger partial charge < -0.3 is 19.7 Å². The molecule has 0 aromatic heterocycles. The van der Waals surface area contributed by atoms with Gasteiger partial charge in [-0.1, -0.05) is 0 Å². The number of anilines is 1. The van der Waals surface area contributed by atoms with Crippen LogP contribution in [-0.2, 0) is 23.9 Å². The first kappa shape index (κ1) is 19.4. The van der Waals surface area contributed by atoms with E-state index in [0.29, 0.717) is 43.8 Å². The van der Waals surface area contributed by atoms with E-state index in [1.807, 2.05) is 0 Å². The zero-order chi connectivity index (χ0) is 19.1. The second-order valence-electron chi connectivity index (χ2n) is 5.84. The van der Waals surface area contributed by atoms with Crippen LogP contribution in [0.3, 0.4) is 0 Å². The molecule has 0 unspecified atom stereocenters. The normalized spacial score (nSPS) is 14.5. The number of hydrogen-bond donors (Lipinski definition) is 1. The average Bonchev–Trinajstić information content (AvgIpc) is 2.67. The zero-order valence-electron chi connectivity index (χ0n) is 14.8. The molecular formula is C18H22N2O6. The fourth-order valence-electron chi connectivity index (χ4n) is 2.71. The fraction of sp³-hybridized carbons (Fsp3) is 0.444. The minimum absolute atomic E-state index is 0.229. The number of rotatable bonds is 4. The SMILES string of the molecule is CCOC(=O)C1CCN(C(=O)C(=O)Nc2ccc(C(=O)OC)cc2)CC1. The molecule has 2 amide bonds. The molecule has 1 N–H and O–H groups in total. The summed E-state index contributed by atoms with van der Waals surface area (Å²) in [5.74, 6) is -2.37. The minimum atomic E-state index is -0.759. The minimum Gasteiger partial charge on any atom is -0.466 e. The molecule has 1 aromatic rings. The first-order valence-electron chi connectivity index (χ1n) is 8.41. The summed E-state index contributed by atoms with van der Waals surface area (Å²) in [6.07, 6.45) is 0.956. The molecule has 1 aliphatic rings. The first-order valence-corrected chi connectivity index (χ1v) is 8.41. The van der Waals surface area contributed by atoms with Gasteiger partial charge in [0.05, 0.1) is 25.2 Å². The maximum atomic E-state index is 12.2. The monoisotopic (exact) mass is 362 g/mol. The van der Waals surface area contributed by atoms with Gasteiger partial charge in [-0.15, -0.1) is 0 Å². The molecular weight excluding hydrogens is 340 g/mol. The Morgan fingerprint density at radius 3 is 2.27 bits per heavy atom. The van der Waals surface area contributed by atoms with Crippen molar-refractivity contribution in [1.29, 1.82) is 0 Å². The van der Waals surface area contributed by atoms with Gasteiger partial charge in [0.2, 0.25) is 0 Å². The maximum absolute atomic E-state index is 12.2. The summed E-state index contributed by atoms with van der Waals surface area (Å²) in [6.45, 7) is 2.74. The lowest BCUT2D eigenvalue weighted by Gasteiger charge is -2.30. The lowest BCUT2D eigenvalue weighted by Crippen LogP contribution is -2.45. The van der Waals surface area contributed by atoms with Crippen LogP contribution in [0.2, 0.25) is 0 Å². The van der Waals surface area contributed by atoms with E-state index in [1.54, 1.807) is 6.92 Å². The summed E-state index contributed by atoms with van der Waals surface area (Å²) in [6, 6.07) is 6.03. The highest BCUT2D eigenvalue weighted by Crippen LogP contribution is 2.19. The number of hydrogen-bond acceptors (Lipinski definition) is 6. The molecule has 8 nitrogen and oxygen atoms in total. The van der Waals surface area contributed by atoms with Crippen LogP contribution in [-0.4, -0.2) is 55.5 Å². The Labute approximate surface area is 151 Å². The molecule has 8 heteroatoms. The predicted octanol–water partition coefficient (Wildman–Crippen LogP) is 1.21. The molecule has 0 saturated carbocycles. The molecule has 0 spiro atoms. The van der Waals surface area contributed by atoms with Gasteiger partial charge in [0.25, 0.3) is 0 Å². The van der Waals surface area contributed by atoms with Crippen molar-refractivity contribution in [2.24, 2.45) is 5.92 Å². The molecule has 0 bridgehead atoms. The van der Waals surface area contributed by atoms with Crippen molar-refractivity contribution in [3.05, 3.63) is 29.8 Å². The van der Waals surface area contributed by atoms with Crippen LogP contribution in [0, 0.1) is 5.92 Å². The highest BCUT2D eigenvalue weighted by Gasteiger charge is 2.30. The van der Waals surface area contributed by atoms with E-state index >= 15 is 0 Å². The van der Waals surface area contributed by atoms with Crippen LogP contribution in [0.25, 0.3) is 0 Å². The van der Waals surface area contributed by atoms with Gasteiger partial charge in [0, 0.05) is 18.8 Å².